The molecule has 0 fully saturated rings. The van der Waals surface area contributed by atoms with Crippen LogP contribution in [0.25, 0.3) is 21.0 Å². The van der Waals surface area contributed by atoms with E-state index in [9.17, 15) is 0 Å². The van der Waals surface area contributed by atoms with Gasteiger partial charge in [-0.1, -0.05) is 30.3 Å². The summed E-state index contributed by atoms with van der Waals surface area (Å²) in [5.41, 5.74) is 9.58. The fraction of sp³-hybridized carbons (Fsp3) is 0.111. The van der Waals surface area contributed by atoms with Crippen molar-refractivity contribution in [2.75, 3.05) is 0 Å². The van der Waals surface area contributed by atoms with Crippen LogP contribution in [0.5, 0.6) is 0 Å². The van der Waals surface area contributed by atoms with Crippen molar-refractivity contribution in [2.45, 2.75) is 13.1 Å². The number of aromatic nitrogens is 1. The molecule has 0 aliphatic carbocycles. The lowest BCUT2D eigenvalue weighted by molar-refractivity contribution is 0.844. The van der Waals surface area contributed by atoms with Gasteiger partial charge in [0.2, 0.25) is 0 Å². The maximum Gasteiger partial charge on any atom is 0.0490 e. The van der Waals surface area contributed by atoms with Gasteiger partial charge >= 0.3 is 0 Å². The molecule has 0 saturated carbocycles. The standard InChI is InChI=1S/C18H16N2S/c19-10-13-5-6-14-7-8-20(17(14)9-13)11-15-12-21-18-4-2-1-3-16(15)18/h1-9,12H,10-11,19H2. The number of hydrogen-bond acceptors (Lipinski definition) is 2. The predicted molar refractivity (Wildman–Crippen MR) is 90.8 cm³/mol. The van der Waals surface area contributed by atoms with Gasteiger partial charge in [0.25, 0.3) is 0 Å². The van der Waals surface area contributed by atoms with Crippen molar-refractivity contribution in [3.63, 3.8) is 0 Å². The molecule has 2 nitrogen and oxygen atoms in total. The molecule has 3 heteroatoms. The van der Waals surface area contributed by atoms with Crippen LogP contribution in [-0.2, 0) is 13.1 Å². The Morgan fingerprint density at radius 2 is 1.95 bits per heavy atom. The summed E-state index contributed by atoms with van der Waals surface area (Å²) >= 11 is 1.82. The molecule has 2 heterocycles. The minimum Gasteiger partial charge on any atom is -0.343 e. The Balaban J connectivity index is 1.80. The first-order valence-corrected chi connectivity index (χ1v) is 7.96. The second-order valence-corrected chi connectivity index (χ2v) is 6.21. The van der Waals surface area contributed by atoms with E-state index in [4.69, 9.17) is 5.73 Å². The SMILES string of the molecule is NCc1ccc2ccn(Cc3csc4ccccc34)c2c1. The highest BCUT2D eigenvalue weighted by Crippen LogP contribution is 2.27. The molecule has 104 valence electrons. The number of nitrogens with two attached hydrogens (primary N) is 1. The van der Waals surface area contributed by atoms with E-state index >= 15 is 0 Å². The van der Waals surface area contributed by atoms with Crippen LogP contribution in [0.15, 0.2) is 60.1 Å². The third kappa shape index (κ3) is 2.15. The molecule has 0 radical (unpaired) electrons. The van der Waals surface area contributed by atoms with Crippen LogP contribution in [-0.4, -0.2) is 4.57 Å². The number of thiophene rings is 1. The zero-order valence-corrected chi connectivity index (χ0v) is 12.4. The summed E-state index contributed by atoms with van der Waals surface area (Å²) in [6.07, 6.45) is 2.16. The van der Waals surface area contributed by atoms with Crippen molar-refractivity contribution in [1.29, 1.82) is 0 Å². The third-order valence-corrected chi connectivity index (χ3v) is 4.99. The number of fused-ring (bicyclic) bond motifs is 2. The molecule has 2 aromatic carbocycles. The van der Waals surface area contributed by atoms with Crippen LogP contribution in [0.3, 0.4) is 0 Å². The van der Waals surface area contributed by atoms with Gasteiger partial charge in [-0.25, -0.2) is 0 Å². The second-order valence-electron chi connectivity index (χ2n) is 5.30. The first-order chi connectivity index (χ1) is 10.3. The van der Waals surface area contributed by atoms with E-state index in [-0.39, 0.29) is 0 Å². The van der Waals surface area contributed by atoms with Crippen molar-refractivity contribution < 1.29 is 0 Å². The summed E-state index contributed by atoms with van der Waals surface area (Å²) in [4.78, 5) is 0. The number of benzene rings is 2. The Morgan fingerprint density at radius 1 is 1.05 bits per heavy atom. The molecule has 4 rings (SSSR count). The lowest BCUT2D eigenvalue weighted by Crippen LogP contribution is -1.99. The van der Waals surface area contributed by atoms with Crippen LogP contribution in [0.2, 0.25) is 0 Å². The highest BCUT2D eigenvalue weighted by Gasteiger charge is 2.07. The number of hydrogen-bond donors (Lipinski definition) is 1. The van der Waals surface area contributed by atoms with Crippen LogP contribution >= 0.6 is 11.3 Å². The van der Waals surface area contributed by atoms with E-state index in [1.54, 1.807) is 0 Å². The lowest BCUT2D eigenvalue weighted by atomic mass is 10.1. The third-order valence-electron chi connectivity index (χ3n) is 3.98. The van der Waals surface area contributed by atoms with Crippen LogP contribution < -0.4 is 5.73 Å². The molecular weight excluding hydrogens is 276 g/mol. The Morgan fingerprint density at radius 3 is 2.86 bits per heavy atom. The Labute approximate surface area is 127 Å². The van der Waals surface area contributed by atoms with Crippen molar-refractivity contribution in [3.8, 4) is 0 Å². The average molecular weight is 292 g/mol. The van der Waals surface area contributed by atoms with Gasteiger partial charge in [0.15, 0.2) is 0 Å². The lowest BCUT2D eigenvalue weighted by Gasteiger charge is -2.06. The zero-order chi connectivity index (χ0) is 14.2. The molecule has 0 amide bonds. The van der Waals surface area contributed by atoms with Crippen molar-refractivity contribution in [3.05, 3.63) is 71.2 Å². The molecule has 0 saturated heterocycles. The monoisotopic (exact) mass is 292 g/mol. The van der Waals surface area contributed by atoms with Gasteiger partial charge in [0.1, 0.15) is 0 Å². The molecule has 2 aromatic heterocycles. The van der Waals surface area contributed by atoms with Gasteiger partial charge in [0.05, 0.1) is 0 Å². The quantitative estimate of drug-likeness (QED) is 0.597. The Bertz CT molecular complexity index is 917. The topological polar surface area (TPSA) is 30.9 Å². The van der Waals surface area contributed by atoms with Gasteiger partial charge in [-0.3, -0.25) is 0 Å². The van der Waals surface area contributed by atoms with E-state index in [0.29, 0.717) is 6.54 Å². The normalized spacial score (nSPS) is 11.5. The van der Waals surface area contributed by atoms with Crippen LogP contribution in [0.1, 0.15) is 11.1 Å². The van der Waals surface area contributed by atoms with Gasteiger partial charge in [0, 0.05) is 29.5 Å². The summed E-state index contributed by atoms with van der Waals surface area (Å²) in [5, 5.41) is 4.90. The minimum atomic E-state index is 0.586. The van der Waals surface area contributed by atoms with Crippen molar-refractivity contribution >= 4 is 32.3 Å². The molecule has 0 aliphatic heterocycles. The highest BCUT2D eigenvalue weighted by atomic mass is 32.1. The summed E-state index contributed by atoms with van der Waals surface area (Å²) in [5.74, 6) is 0. The summed E-state index contributed by atoms with van der Waals surface area (Å²) in [6.45, 7) is 1.49. The number of rotatable bonds is 3. The van der Waals surface area contributed by atoms with E-state index in [1.807, 2.05) is 11.3 Å². The van der Waals surface area contributed by atoms with Crippen LogP contribution in [0, 0.1) is 0 Å². The molecule has 0 unspecified atom stereocenters. The first kappa shape index (κ1) is 12.6. The fourth-order valence-electron chi connectivity index (χ4n) is 2.83. The first-order valence-electron chi connectivity index (χ1n) is 7.08. The Hall–Kier alpha value is -2.10. The van der Waals surface area contributed by atoms with E-state index in [1.165, 1.54) is 32.1 Å². The minimum absolute atomic E-state index is 0.586. The van der Waals surface area contributed by atoms with Crippen molar-refractivity contribution in [2.24, 2.45) is 5.73 Å². The summed E-state index contributed by atoms with van der Waals surface area (Å²) < 4.78 is 3.66. The van der Waals surface area contributed by atoms with Gasteiger partial charge in [-0.15, -0.1) is 11.3 Å². The van der Waals surface area contributed by atoms with Gasteiger partial charge in [-0.2, -0.15) is 0 Å². The van der Waals surface area contributed by atoms with Crippen molar-refractivity contribution in [1.82, 2.24) is 4.57 Å². The smallest absolute Gasteiger partial charge is 0.0490 e. The van der Waals surface area contributed by atoms with E-state index in [2.05, 4.69) is 64.7 Å². The second kappa shape index (κ2) is 5.02. The van der Waals surface area contributed by atoms with Gasteiger partial charge < -0.3 is 10.3 Å². The highest BCUT2D eigenvalue weighted by molar-refractivity contribution is 7.17. The van der Waals surface area contributed by atoms with E-state index < -0.39 is 0 Å². The van der Waals surface area contributed by atoms with E-state index in [0.717, 1.165) is 6.54 Å². The largest absolute Gasteiger partial charge is 0.343 e. The molecule has 21 heavy (non-hydrogen) atoms. The molecule has 0 spiro atoms. The molecule has 0 atom stereocenters. The molecular formula is C18H16N2S. The predicted octanol–water partition coefficient (Wildman–Crippen LogP) is 4.36. The average Bonchev–Trinajstić information content (AvgIpc) is 3.12. The fourth-order valence-corrected chi connectivity index (χ4v) is 3.79. The molecule has 0 aliphatic rings. The maximum absolute atomic E-state index is 5.76. The Kier molecular flexibility index (Phi) is 3.02. The molecule has 0 bridgehead atoms. The summed E-state index contributed by atoms with van der Waals surface area (Å²) in [7, 11) is 0. The van der Waals surface area contributed by atoms with Crippen LogP contribution in [0.4, 0.5) is 0 Å². The summed E-state index contributed by atoms with van der Waals surface area (Å²) in [6, 6.07) is 17.2. The van der Waals surface area contributed by atoms with Gasteiger partial charge in [-0.05, 0) is 45.5 Å². The zero-order valence-electron chi connectivity index (χ0n) is 11.6. The molecule has 2 N–H and O–H groups in total. The maximum atomic E-state index is 5.76. The molecule has 4 aromatic rings. The number of nitrogens with zero attached hydrogens (tertiary/aromatic N) is 1.